The molecule has 0 unspecified atom stereocenters. The molecular formula is C28H29N5OS. The summed E-state index contributed by atoms with van der Waals surface area (Å²) >= 11 is 1.32. The minimum atomic E-state index is -0.211. The van der Waals surface area contributed by atoms with Gasteiger partial charge in [-0.25, -0.2) is 5.43 Å². The smallest absolute Gasteiger partial charge is 0.250 e. The maximum atomic E-state index is 12.5. The molecule has 6 nitrogen and oxygen atoms in total. The Hall–Kier alpha value is -3.71. The van der Waals surface area contributed by atoms with E-state index in [2.05, 4.69) is 53.6 Å². The van der Waals surface area contributed by atoms with Crippen LogP contribution in [-0.2, 0) is 10.2 Å². The van der Waals surface area contributed by atoms with Gasteiger partial charge in [0.1, 0.15) is 0 Å². The van der Waals surface area contributed by atoms with Crippen molar-refractivity contribution in [2.45, 2.75) is 38.3 Å². The van der Waals surface area contributed by atoms with E-state index in [4.69, 9.17) is 0 Å². The summed E-state index contributed by atoms with van der Waals surface area (Å²) in [6, 6.07) is 26.2. The first-order valence-corrected chi connectivity index (χ1v) is 12.4. The highest BCUT2D eigenvalue weighted by Gasteiger charge is 2.17. The SMILES string of the molecule is Cc1ccc(-n2c(SCC(=O)NN=Cc3ccc(C(C)(C)C)cc3)nnc2-c2ccccc2)cc1. The fourth-order valence-electron chi connectivity index (χ4n) is 3.47. The molecule has 1 amide bonds. The van der Waals surface area contributed by atoms with E-state index in [0.29, 0.717) is 5.16 Å². The van der Waals surface area contributed by atoms with Crippen LogP contribution in [-0.4, -0.2) is 32.6 Å². The zero-order valence-electron chi connectivity index (χ0n) is 20.4. The van der Waals surface area contributed by atoms with Gasteiger partial charge >= 0.3 is 0 Å². The third kappa shape index (κ3) is 6.25. The molecule has 0 radical (unpaired) electrons. The van der Waals surface area contributed by atoms with E-state index < -0.39 is 0 Å². The number of carbonyl (C=O) groups is 1. The topological polar surface area (TPSA) is 72.2 Å². The number of hydrogen-bond donors (Lipinski definition) is 1. The summed E-state index contributed by atoms with van der Waals surface area (Å²) in [5.41, 5.74) is 7.95. The lowest BCUT2D eigenvalue weighted by Gasteiger charge is -2.18. The van der Waals surface area contributed by atoms with Gasteiger partial charge in [-0.3, -0.25) is 9.36 Å². The van der Waals surface area contributed by atoms with E-state index in [1.165, 1.54) is 22.9 Å². The van der Waals surface area contributed by atoms with Crippen molar-refractivity contribution < 1.29 is 4.79 Å². The van der Waals surface area contributed by atoms with Crippen molar-refractivity contribution in [2.75, 3.05) is 5.75 Å². The number of aryl methyl sites for hydroxylation is 1. The van der Waals surface area contributed by atoms with Crippen LogP contribution in [0.3, 0.4) is 0 Å². The highest BCUT2D eigenvalue weighted by Crippen LogP contribution is 2.28. The van der Waals surface area contributed by atoms with Gasteiger partial charge < -0.3 is 0 Å². The summed E-state index contributed by atoms with van der Waals surface area (Å²) < 4.78 is 1.98. The fourth-order valence-corrected chi connectivity index (χ4v) is 4.22. The Balaban J connectivity index is 1.44. The average molecular weight is 484 g/mol. The molecule has 0 fully saturated rings. The van der Waals surface area contributed by atoms with Crippen molar-refractivity contribution in [3.8, 4) is 17.1 Å². The van der Waals surface area contributed by atoms with Crippen LogP contribution in [0, 0.1) is 6.92 Å². The van der Waals surface area contributed by atoms with Crippen molar-refractivity contribution >= 4 is 23.9 Å². The van der Waals surface area contributed by atoms with E-state index >= 15 is 0 Å². The molecule has 0 bridgehead atoms. The fraction of sp³-hybridized carbons (Fsp3) is 0.214. The van der Waals surface area contributed by atoms with Crippen LogP contribution in [0.4, 0.5) is 0 Å². The van der Waals surface area contributed by atoms with Crippen LogP contribution in [0.1, 0.15) is 37.5 Å². The molecular weight excluding hydrogens is 454 g/mol. The van der Waals surface area contributed by atoms with Gasteiger partial charge in [0.25, 0.3) is 5.91 Å². The maximum Gasteiger partial charge on any atom is 0.250 e. The minimum Gasteiger partial charge on any atom is -0.272 e. The quantitative estimate of drug-likeness (QED) is 0.205. The predicted molar refractivity (Wildman–Crippen MR) is 143 cm³/mol. The number of hydrogen-bond acceptors (Lipinski definition) is 5. The molecule has 1 aromatic heterocycles. The molecule has 7 heteroatoms. The van der Waals surface area contributed by atoms with Crippen LogP contribution in [0.2, 0.25) is 0 Å². The first-order valence-electron chi connectivity index (χ1n) is 11.4. The molecule has 4 rings (SSSR count). The Bertz CT molecular complexity index is 1300. The van der Waals surface area contributed by atoms with E-state index in [1.54, 1.807) is 6.21 Å². The van der Waals surface area contributed by atoms with Gasteiger partial charge in [-0.1, -0.05) is 105 Å². The summed E-state index contributed by atoms with van der Waals surface area (Å²) in [5.74, 6) is 0.686. The molecule has 1 N–H and O–H groups in total. The summed E-state index contributed by atoms with van der Waals surface area (Å²) in [7, 11) is 0. The zero-order valence-corrected chi connectivity index (χ0v) is 21.2. The number of nitrogens with one attached hydrogen (secondary N) is 1. The zero-order chi connectivity index (χ0) is 24.8. The lowest BCUT2D eigenvalue weighted by molar-refractivity contribution is -0.118. The van der Waals surface area contributed by atoms with Crippen LogP contribution < -0.4 is 5.43 Å². The number of rotatable bonds is 7. The summed E-state index contributed by atoms with van der Waals surface area (Å²) in [6.07, 6.45) is 1.65. The number of carbonyl (C=O) groups excluding carboxylic acids is 1. The Labute approximate surface area is 210 Å². The highest BCUT2D eigenvalue weighted by atomic mass is 32.2. The largest absolute Gasteiger partial charge is 0.272 e. The van der Waals surface area contributed by atoms with Crippen LogP contribution in [0.25, 0.3) is 17.1 Å². The molecule has 4 aromatic rings. The third-order valence-corrected chi connectivity index (χ3v) is 6.40. The second-order valence-corrected chi connectivity index (χ2v) is 10.2. The number of amides is 1. The highest BCUT2D eigenvalue weighted by molar-refractivity contribution is 7.99. The van der Waals surface area contributed by atoms with E-state index in [-0.39, 0.29) is 17.1 Å². The Kier molecular flexibility index (Phi) is 7.46. The molecule has 35 heavy (non-hydrogen) atoms. The molecule has 0 aliphatic rings. The monoisotopic (exact) mass is 483 g/mol. The van der Waals surface area contributed by atoms with Gasteiger partial charge in [-0.15, -0.1) is 10.2 Å². The van der Waals surface area contributed by atoms with Gasteiger partial charge in [-0.05, 0) is 35.6 Å². The summed E-state index contributed by atoms with van der Waals surface area (Å²) in [5, 5.41) is 13.5. The molecule has 0 saturated heterocycles. The molecule has 3 aromatic carbocycles. The first kappa shape index (κ1) is 24.4. The second-order valence-electron chi connectivity index (χ2n) is 9.30. The molecule has 178 valence electrons. The van der Waals surface area contributed by atoms with Gasteiger partial charge in [0, 0.05) is 11.3 Å². The van der Waals surface area contributed by atoms with E-state index in [9.17, 15) is 4.79 Å². The van der Waals surface area contributed by atoms with Gasteiger partial charge in [-0.2, -0.15) is 5.10 Å². The molecule has 0 aliphatic carbocycles. The van der Waals surface area contributed by atoms with E-state index in [1.807, 2.05) is 78.2 Å². The minimum absolute atomic E-state index is 0.0978. The van der Waals surface area contributed by atoms with Crippen molar-refractivity contribution in [1.82, 2.24) is 20.2 Å². The number of hydrazone groups is 1. The normalized spacial score (nSPS) is 11.7. The Morgan fingerprint density at radius 1 is 0.971 bits per heavy atom. The molecule has 0 aliphatic heterocycles. The number of aromatic nitrogens is 3. The third-order valence-electron chi connectivity index (χ3n) is 5.47. The van der Waals surface area contributed by atoms with Gasteiger partial charge in [0.05, 0.1) is 12.0 Å². The lowest BCUT2D eigenvalue weighted by Crippen LogP contribution is -2.20. The Morgan fingerprint density at radius 3 is 2.31 bits per heavy atom. The van der Waals surface area contributed by atoms with Crippen LogP contribution in [0.15, 0.2) is 89.1 Å². The average Bonchev–Trinajstić information content (AvgIpc) is 3.27. The summed E-state index contributed by atoms with van der Waals surface area (Å²) in [4.78, 5) is 12.5. The number of thioether (sulfide) groups is 1. The number of benzene rings is 3. The Morgan fingerprint density at radius 2 is 1.66 bits per heavy atom. The maximum absolute atomic E-state index is 12.5. The van der Waals surface area contributed by atoms with Crippen LogP contribution in [0.5, 0.6) is 0 Å². The first-order chi connectivity index (χ1) is 16.8. The van der Waals surface area contributed by atoms with Crippen molar-refractivity contribution in [2.24, 2.45) is 5.10 Å². The summed E-state index contributed by atoms with van der Waals surface area (Å²) in [6.45, 7) is 8.58. The molecule has 0 atom stereocenters. The molecule has 0 spiro atoms. The van der Waals surface area contributed by atoms with Crippen molar-refractivity contribution in [3.05, 3.63) is 95.6 Å². The standard InChI is InChI=1S/C28H29N5OS/c1-20-10-16-24(17-11-20)33-26(22-8-6-5-7-9-22)31-32-27(33)35-19-25(34)30-29-18-21-12-14-23(15-13-21)28(2,3)4/h5-18H,19H2,1-4H3,(H,30,34). The predicted octanol–water partition coefficient (Wildman–Crippen LogP) is 5.78. The van der Waals surface area contributed by atoms with Gasteiger partial charge in [0.15, 0.2) is 11.0 Å². The van der Waals surface area contributed by atoms with E-state index in [0.717, 1.165) is 22.6 Å². The van der Waals surface area contributed by atoms with Crippen LogP contribution >= 0.6 is 11.8 Å². The molecule has 1 heterocycles. The number of nitrogens with zero attached hydrogens (tertiary/aromatic N) is 4. The lowest BCUT2D eigenvalue weighted by atomic mass is 9.87. The van der Waals surface area contributed by atoms with Gasteiger partial charge in [0.2, 0.25) is 0 Å². The second kappa shape index (κ2) is 10.7. The van der Waals surface area contributed by atoms with Crippen molar-refractivity contribution in [3.63, 3.8) is 0 Å². The van der Waals surface area contributed by atoms with Crippen molar-refractivity contribution in [1.29, 1.82) is 0 Å². The molecule has 0 saturated carbocycles.